The van der Waals surface area contributed by atoms with Gasteiger partial charge in [0.1, 0.15) is 11.9 Å². The normalized spacial score (nSPS) is 11.7. The molecule has 1 atom stereocenters. The van der Waals surface area contributed by atoms with E-state index in [1.54, 1.807) is 44.3 Å². The molecule has 27 heavy (non-hydrogen) atoms. The van der Waals surface area contributed by atoms with Crippen molar-refractivity contribution in [1.82, 2.24) is 10.6 Å². The number of aliphatic imine (C=N–C) groups is 1. The summed E-state index contributed by atoms with van der Waals surface area (Å²) in [6.07, 6.45) is -0.308. The molecular weight excluding hydrogens is 465 g/mol. The minimum atomic E-state index is -0.455. The molecule has 0 aliphatic heterocycles. The smallest absolute Gasteiger partial charge is 0.191 e. The van der Waals surface area contributed by atoms with E-state index in [4.69, 9.17) is 10.00 Å². The third-order valence-electron chi connectivity index (χ3n) is 3.57. The Morgan fingerprint density at radius 3 is 2.56 bits per heavy atom. The molecule has 0 spiro atoms. The number of benzene rings is 2. The van der Waals surface area contributed by atoms with Gasteiger partial charge in [-0.05, 0) is 31.2 Å². The Labute approximate surface area is 174 Å². The van der Waals surface area contributed by atoms with E-state index in [9.17, 15) is 8.78 Å². The average Bonchev–Trinajstić information content (AvgIpc) is 2.64. The fourth-order valence-corrected chi connectivity index (χ4v) is 2.20. The summed E-state index contributed by atoms with van der Waals surface area (Å²) in [7, 11) is 1.59. The molecule has 0 fully saturated rings. The van der Waals surface area contributed by atoms with E-state index in [1.165, 1.54) is 12.1 Å². The lowest BCUT2D eigenvalue weighted by molar-refractivity contribution is 0.214. The second-order valence-electron chi connectivity index (χ2n) is 5.58. The van der Waals surface area contributed by atoms with Gasteiger partial charge >= 0.3 is 0 Å². The van der Waals surface area contributed by atoms with Gasteiger partial charge in [-0.15, -0.1) is 24.0 Å². The van der Waals surface area contributed by atoms with Crippen LogP contribution in [0.2, 0.25) is 0 Å². The third-order valence-corrected chi connectivity index (χ3v) is 3.57. The number of halogens is 3. The van der Waals surface area contributed by atoms with E-state index >= 15 is 0 Å². The van der Waals surface area contributed by atoms with Crippen molar-refractivity contribution >= 4 is 29.9 Å². The standard InChI is InChI=1S/C19H20F2N4O.HI/c1-13(26-18-6-4-3-5-16(18)20)11-24-19(23-2)25-12-15-8-7-14(10-22)9-17(15)21;/h3-9,13H,11-12H2,1-2H3,(H2,23,24,25);1H. The summed E-state index contributed by atoms with van der Waals surface area (Å²) in [6, 6.07) is 12.4. The van der Waals surface area contributed by atoms with E-state index in [-0.39, 0.29) is 47.9 Å². The molecule has 0 amide bonds. The van der Waals surface area contributed by atoms with Crippen molar-refractivity contribution in [1.29, 1.82) is 5.26 Å². The number of rotatable bonds is 6. The lowest BCUT2D eigenvalue weighted by Gasteiger charge is -2.18. The Bertz CT molecular complexity index is 824. The van der Waals surface area contributed by atoms with E-state index in [2.05, 4.69) is 15.6 Å². The van der Waals surface area contributed by atoms with Gasteiger partial charge in [0, 0.05) is 19.2 Å². The molecule has 2 aromatic carbocycles. The number of guanidine groups is 1. The number of nitrogens with one attached hydrogen (secondary N) is 2. The summed E-state index contributed by atoms with van der Waals surface area (Å²) in [5, 5.41) is 14.8. The number of nitrogens with zero attached hydrogens (tertiary/aromatic N) is 2. The van der Waals surface area contributed by atoms with Crippen LogP contribution < -0.4 is 15.4 Å². The molecule has 1 unspecified atom stereocenters. The molecule has 0 saturated carbocycles. The second-order valence-corrected chi connectivity index (χ2v) is 5.58. The Hall–Kier alpha value is -2.41. The third kappa shape index (κ3) is 7.02. The Balaban J connectivity index is 0.00000364. The lowest BCUT2D eigenvalue weighted by Crippen LogP contribution is -2.41. The van der Waals surface area contributed by atoms with Gasteiger partial charge in [0.25, 0.3) is 0 Å². The van der Waals surface area contributed by atoms with Crippen molar-refractivity contribution in [2.45, 2.75) is 19.6 Å². The molecule has 2 N–H and O–H groups in total. The summed E-state index contributed by atoms with van der Waals surface area (Å²) in [5.74, 6) is -0.233. The molecule has 0 saturated heterocycles. The molecule has 0 bridgehead atoms. The van der Waals surface area contributed by atoms with Gasteiger partial charge in [-0.1, -0.05) is 18.2 Å². The Morgan fingerprint density at radius 2 is 1.93 bits per heavy atom. The van der Waals surface area contributed by atoms with Gasteiger partial charge in [-0.25, -0.2) is 8.78 Å². The van der Waals surface area contributed by atoms with Crippen molar-refractivity contribution in [3.05, 3.63) is 65.2 Å². The van der Waals surface area contributed by atoms with Crippen molar-refractivity contribution in [3.8, 4) is 11.8 Å². The molecule has 2 rings (SSSR count). The van der Waals surface area contributed by atoms with Crippen molar-refractivity contribution < 1.29 is 13.5 Å². The minimum Gasteiger partial charge on any atom is -0.486 e. The summed E-state index contributed by atoms with van der Waals surface area (Å²) in [6.45, 7) is 2.39. The zero-order chi connectivity index (χ0) is 18.9. The summed E-state index contributed by atoms with van der Waals surface area (Å²) in [4.78, 5) is 4.05. The fraction of sp³-hybridized carbons (Fsp3) is 0.263. The van der Waals surface area contributed by atoms with Crippen molar-refractivity contribution in [3.63, 3.8) is 0 Å². The zero-order valence-electron chi connectivity index (χ0n) is 15.0. The van der Waals surface area contributed by atoms with E-state index in [1.807, 2.05) is 6.07 Å². The number of ether oxygens (including phenoxy) is 1. The molecule has 144 valence electrons. The van der Waals surface area contributed by atoms with Crippen LogP contribution in [0.1, 0.15) is 18.1 Å². The molecule has 0 heterocycles. The monoisotopic (exact) mass is 486 g/mol. The van der Waals surface area contributed by atoms with Crippen LogP contribution in [0.15, 0.2) is 47.5 Å². The van der Waals surface area contributed by atoms with Crippen LogP contribution in [0.3, 0.4) is 0 Å². The molecular formula is C19H21F2IN4O. The number of hydrogen-bond acceptors (Lipinski definition) is 3. The lowest BCUT2D eigenvalue weighted by atomic mass is 10.1. The number of nitriles is 1. The van der Waals surface area contributed by atoms with Gasteiger partial charge in [0.05, 0.1) is 18.2 Å². The van der Waals surface area contributed by atoms with Crippen LogP contribution in [0.25, 0.3) is 0 Å². The Morgan fingerprint density at radius 1 is 1.19 bits per heavy atom. The predicted molar refractivity (Wildman–Crippen MR) is 111 cm³/mol. The van der Waals surface area contributed by atoms with Crippen LogP contribution in [-0.2, 0) is 6.54 Å². The highest BCUT2D eigenvalue weighted by Gasteiger charge is 2.09. The van der Waals surface area contributed by atoms with E-state index in [0.717, 1.165) is 0 Å². The number of para-hydroxylation sites is 1. The summed E-state index contributed by atoms with van der Waals surface area (Å²) < 4.78 is 33.0. The van der Waals surface area contributed by atoms with Crippen molar-refractivity contribution in [2.24, 2.45) is 4.99 Å². The first-order valence-electron chi connectivity index (χ1n) is 8.07. The SMILES string of the molecule is CN=C(NCc1ccc(C#N)cc1F)NCC(C)Oc1ccccc1F.I. The zero-order valence-corrected chi connectivity index (χ0v) is 17.3. The second kappa shape index (κ2) is 11.3. The van der Waals surface area contributed by atoms with Gasteiger partial charge in [0.2, 0.25) is 0 Å². The Kier molecular flexibility index (Phi) is 9.50. The molecule has 0 radical (unpaired) electrons. The maximum Gasteiger partial charge on any atom is 0.191 e. The van der Waals surface area contributed by atoms with Crippen molar-refractivity contribution in [2.75, 3.05) is 13.6 Å². The van der Waals surface area contributed by atoms with Gasteiger partial charge < -0.3 is 15.4 Å². The quantitative estimate of drug-likeness (QED) is 0.372. The fourth-order valence-electron chi connectivity index (χ4n) is 2.20. The first kappa shape index (κ1) is 22.6. The maximum atomic E-state index is 13.9. The van der Waals surface area contributed by atoms with Gasteiger partial charge in [-0.2, -0.15) is 5.26 Å². The summed E-state index contributed by atoms with van der Waals surface area (Å²) in [5.41, 5.74) is 0.690. The van der Waals surface area contributed by atoms with Crippen LogP contribution in [0.4, 0.5) is 8.78 Å². The largest absolute Gasteiger partial charge is 0.486 e. The van der Waals surface area contributed by atoms with E-state index < -0.39 is 11.6 Å². The predicted octanol–water partition coefficient (Wildman–Crippen LogP) is 3.59. The molecule has 0 aromatic heterocycles. The van der Waals surface area contributed by atoms with Gasteiger partial charge in [-0.3, -0.25) is 4.99 Å². The first-order chi connectivity index (χ1) is 12.5. The highest BCUT2D eigenvalue weighted by atomic mass is 127. The van der Waals surface area contributed by atoms with E-state index in [0.29, 0.717) is 18.1 Å². The van der Waals surface area contributed by atoms with Gasteiger partial charge in [0.15, 0.2) is 17.5 Å². The van der Waals surface area contributed by atoms with Crippen LogP contribution in [-0.4, -0.2) is 25.7 Å². The van der Waals surface area contributed by atoms with Crippen LogP contribution in [0, 0.1) is 23.0 Å². The highest BCUT2D eigenvalue weighted by molar-refractivity contribution is 14.0. The first-order valence-corrected chi connectivity index (χ1v) is 8.07. The van der Waals surface area contributed by atoms with Crippen LogP contribution in [0.5, 0.6) is 5.75 Å². The number of hydrogen-bond donors (Lipinski definition) is 2. The van der Waals surface area contributed by atoms with Crippen LogP contribution >= 0.6 is 24.0 Å². The summed E-state index contributed by atoms with van der Waals surface area (Å²) >= 11 is 0. The molecule has 8 heteroatoms. The highest BCUT2D eigenvalue weighted by Crippen LogP contribution is 2.16. The molecule has 5 nitrogen and oxygen atoms in total. The minimum absolute atomic E-state index is 0. The molecule has 0 aliphatic rings. The molecule has 0 aliphatic carbocycles. The molecule has 2 aromatic rings. The topological polar surface area (TPSA) is 69.4 Å². The average molecular weight is 486 g/mol. The maximum absolute atomic E-state index is 13.9.